The fourth-order valence-corrected chi connectivity index (χ4v) is 2.63. The third kappa shape index (κ3) is 2.14. The number of carboxylic acids is 1. The Labute approximate surface area is 110 Å². The number of H-pyrrole nitrogens is 1. The Hall–Kier alpha value is -2.11. The molecule has 6 nitrogen and oxygen atoms in total. The number of rotatable bonds is 3. The average Bonchev–Trinajstić information content (AvgIpc) is 2.82. The standard InChI is InChI=1S/C13H16N2O4/c1-2-13(12(18)19)7-4-8-15(13)11(17)9-5-3-6-10(16)14-9/h3,5-6H,2,4,7-8H2,1H3,(H,14,16)(H,18,19). The lowest BCUT2D eigenvalue weighted by Gasteiger charge is -2.33. The minimum Gasteiger partial charge on any atom is -0.479 e. The number of nitrogens with zero attached hydrogens (tertiary/aromatic N) is 1. The number of aliphatic carboxylic acids is 1. The van der Waals surface area contributed by atoms with Crippen molar-refractivity contribution in [3.05, 3.63) is 34.2 Å². The number of aromatic amines is 1. The summed E-state index contributed by atoms with van der Waals surface area (Å²) < 4.78 is 0. The van der Waals surface area contributed by atoms with Crippen molar-refractivity contribution in [2.45, 2.75) is 31.7 Å². The number of carboxylic acid groups (broad SMARTS) is 1. The van der Waals surface area contributed by atoms with E-state index in [-0.39, 0.29) is 11.3 Å². The maximum Gasteiger partial charge on any atom is 0.329 e. The summed E-state index contributed by atoms with van der Waals surface area (Å²) >= 11 is 0. The number of amides is 1. The molecule has 1 aliphatic heterocycles. The van der Waals surface area contributed by atoms with Gasteiger partial charge in [0.2, 0.25) is 5.56 Å². The van der Waals surface area contributed by atoms with Crippen molar-refractivity contribution in [3.63, 3.8) is 0 Å². The third-order valence-electron chi connectivity index (χ3n) is 3.72. The smallest absolute Gasteiger partial charge is 0.329 e. The Bertz CT molecular complexity index is 566. The molecule has 0 bridgehead atoms. The number of pyridine rings is 1. The minimum absolute atomic E-state index is 0.133. The fraction of sp³-hybridized carbons (Fsp3) is 0.462. The third-order valence-corrected chi connectivity index (χ3v) is 3.72. The molecule has 1 aliphatic rings. The summed E-state index contributed by atoms with van der Waals surface area (Å²) in [6.45, 7) is 2.16. The lowest BCUT2D eigenvalue weighted by Crippen LogP contribution is -2.53. The first kappa shape index (κ1) is 13.3. The van der Waals surface area contributed by atoms with E-state index in [1.54, 1.807) is 6.92 Å². The number of nitrogens with one attached hydrogen (secondary N) is 1. The lowest BCUT2D eigenvalue weighted by atomic mass is 9.93. The number of hydrogen-bond acceptors (Lipinski definition) is 3. The van der Waals surface area contributed by atoms with Crippen LogP contribution in [0.2, 0.25) is 0 Å². The van der Waals surface area contributed by atoms with Gasteiger partial charge in [0.25, 0.3) is 5.91 Å². The highest BCUT2D eigenvalue weighted by Gasteiger charge is 2.48. The molecule has 2 rings (SSSR count). The van der Waals surface area contributed by atoms with E-state index in [2.05, 4.69) is 4.98 Å². The molecule has 1 atom stereocenters. The first-order valence-corrected chi connectivity index (χ1v) is 6.26. The normalized spacial score (nSPS) is 22.5. The Morgan fingerprint density at radius 2 is 2.21 bits per heavy atom. The number of aromatic nitrogens is 1. The molecule has 1 fully saturated rings. The molecule has 0 aromatic carbocycles. The van der Waals surface area contributed by atoms with E-state index in [9.17, 15) is 19.5 Å². The van der Waals surface area contributed by atoms with E-state index in [4.69, 9.17) is 0 Å². The number of carbonyl (C=O) groups is 2. The van der Waals surface area contributed by atoms with E-state index < -0.39 is 17.4 Å². The predicted molar refractivity (Wildman–Crippen MR) is 68.0 cm³/mol. The van der Waals surface area contributed by atoms with Crippen LogP contribution < -0.4 is 5.56 Å². The molecule has 1 saturated heterocycles. The Kier molecular flexibility index (Phi) is 3.42. The van der Waals surface area contributed by atoms with Crippen LogP contribution in [0.5, 0.6) is 0 Å². The number of carbonyl (C=O) groups excluding carboxylic acids is 1. The summed E-state index contributed by atoms with van der Waals surface area (Å²) in [6.07, 6.45) is 1.45. The highest BCUT2D eigenvalue weighted by molar-refractivity contribution is 5.96. The van der Waals surface area contributed by atoms with Crippen LogP contribution in [0.1, 0.15) is 36.7 Å². The van der Waals surface area contributed by atoms with Gasteiger partial charge in [-0.2, -0.15) is 0 Å². The van der Waals surface area contributed by atoms with E-state index in [1.165, 1.54) is 23.1 Å². The first-order chi connectivity index (χ1) is 9.01. The molecule has 19 heavy (non-hydrogen) atoms. The molecule has 2 N–H and O–H groups in total. The van der Waals surface area contributed by atoms with E-state index in [1.807, 2.05) is 0 Å². The lowest BCUT2D eigenvalue weighted by molar-refractivity contribution is -0.148. The molecule has 2 heterocycles. The molecule has 0 radical (unpaired) electrons. The van der Waals surface area contributed by atoms with Gasteiger partial charge in [-0.1, -0.05) is 13.0 Å². The van der Waals surface area contributed by atoms with Crippen LogP contribution in [-0.4, -0.2) is 39.0 Å². The highest BCUT2D eigenvalue weighted by atomic mass is 16.4. The zero-order valence-electron chi connectivity index (χ0n) is 10.7. The molecule has 1 aromatic heterocycles. The van der Waals surface area contributed by atoms with Gasteiger partial charge in [-0.3, -0.25) is 9.59 Å². The fourth-order valence-electron chi connectivity index (χ4n) is 2.63. The van der Waals surface area contributed by atoms with Gasteiger partial charge in [-0.05, 0) is 25.3 Å². The zero-order chi connectivity index (χ0) is 14.0. The second-order valence-electron chi connectivity index (χ2n) is 4.68. The molecule has 1 amide bonds. The van der Waals surface area contributed by atoms with Gasteiger partial charge in [0.05, 0.1) is 0 Å². The molecule has 6 heteroatoms. The van der Waals surface area contributed by atoms with Gasteiger partial charge in [0.1, 0.15) is 11.2 Å². The summed E-state index contributed by atoms with van der Waals surface area (Å²) in [5.74, 6) is -1.42. The van der Waals surface area contributed by atoms with Crippen LogP contribution in [0.15, 0.2) is 23.0 Å². The van der Waals surface area contributed by atoms with Crippen molar-refractivity contribution in [2.75, 3.05) is 6.54 Å². The van der Waals surface area contributed by atoms with Crippen LogP contribution >= 0.6 is 0 Å². The van der Waals surface area contributed by atoms with Crippen molar-refractivity contribution in [2.24, 2.45) is 0 Å². The minimum atomic E-state index is -1.15. The average molecular weight is 264 g/mol. The summed E-state index contributed by atoms with van der Waals surface area (Å²) in [5.41, 5.74) is -1.39. The molecule has 102 valence electrons. The van der Waals surface area contributed by atoms with Crippen molar-refractivity contribution < 1.29 is 14.7 Å². The zero-order valence-corrected chi connectivity index (χ0v) is 10.7. The number of hydrogen-bond donors (Lipinski definition) is 2. The Balaban J connectivity index is 2.38. The van der Waals surface area contributed by atoms with Gasteiger partial charge in [0.15, 0.2) is 0 Å². The van der Waals surface area contributed by atoms with Gasteiger partial charge in [-0.25, -0.2) is 4.79 Å². The Morgan fingerprint density at radius 1 is 1.47 bits per heavy atom. The summed E-state index contributed by atoms with van der Waals surface area (Å²) in [4.78, 5) is 38.9. The summed E-state index contributed by atoms with van der Waals surface area (Å²) in [6, 6.07) is 4.28. The predicted octanol–water partition coefficient (Wildman–Crippen LogP) is 0.844. The van der Waals surface area contributed by atoms with E-state index in [0.717, 1.165) is 0 Å². The van der Waals surface area contributed by atoms with Crippen LogP contribution in [0.3, 0.4) is 0 Å². The summed E-state index contributed by atoms with van der Waals surface area (Å²) in [5, 5.41) is 9.42. The largest absolute Gasteiger partial charge is 0.479 e. The maximum atomic E-state index is 12.4. The van der Waals surface area contributed by atoms with Gasteiger partial charge >= 0.3 is 5.97 Å². The van der Waals surface area contributed by atoms with E-state index >= 15 is 0 Å². The molecular weight excluding hydrogens is 248 g/mol. The van der Waals surface area contributed by atoms with E-state index in [0.29, 0.717) is 25.8 Å². The van der Waals surface area contributed by atoms with Crippen molar-refractivity contribution in [1.82, 2.24) is 9.88 Å². The quantitative estimate of drug-likeness (QED) is 0.846. The van der Waals surface area contributed by atoms with Crippen molar-refractivity contribution in [1.29, 1.82) is 0 Å². The van der Waals surface area contributed by atoms with Crippen LogP contribution in [0, 0.1) is 0 Å². The van der Waals surface area contributed by atoms with Crippen LogP contribution in [0.25, 0.3) is 0 Å². The molecule has 1 aromatic rings. The van der Waals surface area contributed by atoms with Gasteiger partial charge < -0.3 is 15.0 Å². The topological polar surface area (TPSA) is 90.5 Å². The molecule has 0 saturated carbocycles. The molecule has 0 aliphatic carbocycles. The molecular formula is C13H16N2O4. The maximum absolute atomic E-state index is 12.4. The van der Waals surface area contributed by atoms with Crippen LogP contribution in [-0.2, 0) is 4.79 Å². The SMILES string of the molecule is CCC1(C(=O)O)CCCN1C(=O)c1cccc(=O)[nH]1. The second-order valence-corrected chi connectivity index (χ2v) is 4.68. The second kappa shape index (κ2) is 4.87. The molecule has 1 unspecified atom stereocenters. The van der Waals surface area contributed by atoms with Gasteiger partial charge in [-0.15, -0.1) is 0 Å². The molecule has 0 spiro atoms. The first-order valence-electron chi connectivity index (χ1n) is 6.26. The van der Waals surface area contributed by atoms with Crippen LogP contribution in [0.4, 0.5) is 0 Å². The number of likely N-dealkylation sites (tertiary alicyclic amines) is 1. The van der Waals surface area contributed by atoms with Crippen molar-refractivity contribution >= 4 is 11.9 Å². The monoisotopic (exact) mass is 264 g/mol. The highest BCUT2D eigenvalue weighted by Crippen LogP contribution is 2.33. The Morgan fingerprint density at radius 3 is 2.79 bits per heavy atom. The van der Waals surface area contributed by atoms with Crippen molar-refractivity contribution in [3.8, 4) is 0 Å². The van der Waals surface area contributed by atoms with Gasteiger partial charge in [0, 0.05) is 12.6 Å². The summed E-state index contributed by atoms with van der Waals surface area (Å²) in [7, 11) is 0.